The molecule has 0 bridgehead atoms. The highest BCUT2D eigenvalue weighted by molar-refractivity contribution is 7.21. The molecule has 9 nitrogen and oxygen atoms in total. The van der Waals surface area contributed by atoms with Gasteiger partial charge in [0.1, 0.15) is 18.2 Å². The van der Waals surface area contributed by atoms with Crippen LogP contribution in [0.1, 0.15) is 15.9 Å². The maximum Gasteiger partial charge on any atom is 0.203 e. The van der Waals surface area contributed by atoms with Crippen LogP contribution in [-0.2, 0) is 0 Å². The SMILES string of the molecule is COc1ccc(C=CC(=O)c2cc(OC)c(OC)c(OC)c2)cc1OCCOc1cc(-c2nc3ccccc3s2)ccc1OC. The highest BCUT2D eigenvalue weighted by atomic mass is 32.1. The fourth-order valence-corrected chi connectivity index (χ4v) is 5.58. The number of hydrogen-bond acceptors (Lipinski definition) is 10. The Balaban J connectivity index is 1.25. The van der Waals surface area contributed by atoms with Crippen LogP contribution in [0, 0.1) is 0 Å². The molecule has 0 fully saturated rings. The first kappa shape index (κ1) is 31.2. The Morgan fingerprint density at radius 2 is 1.31 bits per heavy atom. The van der Waals surface area contributed by atoms with E-state index >= 15 is 0 Å². The van der Waals surface area contributed by atoms with Gasteiger partial charge in [0.25, 0.3) is 0 Å². The molecule has 0 radical (unpaired) electrons. The molecule has 0 saturated heterocycles. The summed E-state index contributed by atoms with van der Waals surface area (Å²) >= 11 is 1.62. The van der Waals surface area contributed by atoms with Gasteiger partial charge >= 0.3 is 0 Å². The fourth-order valence-electron chi connectivity index (χ4n) is 4.62. The third-order valence-electron chi connectivity index (χ3n) is 6.87. The maximum atomic E-state index is 13.0. The van der Waals surface area contributed by atoms with Crippen LogP contribution in [0.5, 0.6) is 40.2 Å². The Hall–Kier alpha value is -5.22. The maximum absolute atomic E-state index is 13.0. The monoisotopic (exact) mass is 627 g/mol. The van der Waals surface area contributed by atoms with Gasteiger partial charge < -0.3 is 33.2 Å². The number of ketones is 1. The van der Waals surface area contributed by atoms with Crippen molar-refractivity contribution in [3.63, 3.8) is 0 Å². The first-order valence-electron chi connectivity index (χ1n) is 14.0. The second kappa shape index (κ2) is 14.5. The quantitative estimate of drug-likeness (QED) is 0.0711. The average molecular weight is 628 g/mol. The molecular formula is C35H33NO8S. The number of carbonyl (C=O) groups is 1. The Morgan fingerprint density at radius 1 is 0.689 bits per heavy atom. The summed E-state index contributed by atoms with van der Waals surface area (Å²) in [6, 6.07) is 22.4. The van der Waals surface area contributed by atoms with Crippen LogP contribution in [0.2, 0.25) is 0 Å². The van der Waals surface area contributed by atoms with Crippen molar-refractivity contribution in [3.05, 3.63) is 90.0 Å². The summed E-state index contributed by atoms with van der Waals surface area (Å²) in [5.74, 6) is 3.25. The van der Waals surface area contributed by atoms with Gasteiger partial charge in [-0.3, -0.25) is 4.79 Å². The predicted molar refractivity (Wildman–Crippen MR) is 175 cm³/mol. The van der Waals surface area contributed by atoms with Gasteiger partial charge in [0.2, 0.25) is 5.75 Å². The fraction of sp³-hybridized carbons (Fsp3) is 0.200. The Kier molecular flexibility index (Phi) is 10.1. The lowest BCUT2D eigenvalue weighted by Gasteiger charge is -2.14. The average Bonchev–Trinajstić information content (AvgIpc) is 3.52. The molecule has 0 atom stereocenters. The number of nitrogens with zero attached hydrogens (tertiary/aromatic N) is 1. The molecule has 4 aromatic carbocycles. The topological polar surface area (TPSA) is 94.6 Å². The normalized spacial score (nSPS) is 11.0. The van der Waals surface area contributed by atoms with Crippen LogP contribution in [0.4, 0.5) is 0 Å². The minimum atomic E-state index is -0.233. The number of allylic oxidation sites excluding steroid dienone is 1. The zero-order valence-electron chi connectivity index (χ0n) is 25.6. The van der Waals surface area contributed by atoms with Crippen LogP contribution in [0.15, 0.2) is 78.9 Å². The van der Waals surface area contributed by atoms with Crippen molar-refractivity contribution in [2.24, 2.45) is 0 Å². The van der Waals surface area contributed by atoms with Gasteiger partial charge in [0.15, 0.2) is 40.3 Å². The van der Waals surface area contributed by atoms with Crippen molar-refractivity contribution >= 4 is 33.4 Å². The minimum Gasteiger partial charge on any atom is -0.493 e. The van der Waals surface area contributed by atoms with Crippen molar-refractivity contribution in [2.75, 3.05) is 48.8 Å². The Labute approximate surface area is 265 Å². The van der Waals surface area contributed by atoms with Crippen LogP contribution >= 0.6 is 11.3 Å². The van der Waals surface area contributed by atoms with Crippen LogP contribution < -0.4 is 33.2 Å². The molecule has 1 aromatic heterocycles. The summed E-state index contributed by atoms with van der Waals surface area (Å²) in [5.41, 5.74) is 3.04. The first-order chi connectivity index (χ1) is 22.0. The third kappa shape index (κ3) is 7.13. The Bertz CT molecular complexity index is 1770. The number of fused-ring (bicyclic) bond motifs is 1. The number of ether oxygens (including phenoxy) is 7. The number of aromatic nitrogens is 1. The van der Waals surface area contributed by atoms with E-state index in [4.69, 9.17) is 38.1 Å². The van der Waals surface area contributed by atoms with Crippen LogP contribution in [0.25, 0.3) is 26.9 Å². The lowest BCUT2D eigenvalue weighted by atomic mass is 10.1. The second-order valence-electron chi connectivity index (χ2n) is 9.57. The number of rotatable bonds is 14. The van der Waals surface area contributed by atoms with E-state index in [-0.39, 0.29) is 19.0 Å². The van der Waals surface area contributed by atoms with E-state index in [0.29, 0.717) is 45.8 Å². The summed E-state index contributed by atoms with van der Waals surface area (Å²) in [6.45, 7) is 0.491. The van der Waals surface area contributed by atoms with E-state index in [1.165, 1.54) is 27.4 Å². The molecule has 0 aliphatic heterocycles. The van der Waals surface area contributed by atoms with E-state index in [1.54, 1.807) is 55.9 Å². The number of hydrogen-bond donors (Lipinski definition) is 0. The molecule has 5 rings (SSSR count). The van der Waals surface area contributed by atoms with Gasteiger partial charge in [0.05, 0.1) is 45.8 Å². The van der Waals surface area contributed by atoms with E-state index in [1.807, 2.05) is 42.5 Å². The van der Waals surface area contributed by atoms with Gasteiger partial charge in [-0.05, 0) is 66.2 Å². The molecule has 0 saturated carbocycles. The van der Waals surface area contributed by atoms with E-state index in [9.17, 15) is 4.79 Å². The number of benzene rings is 4. The number of thiazole rings is 1. The van der Waals surface area contributed by atoms with E-state index in [0.717, 1.165) is 26.4 Å². The van der Waals surface area contributed by atoms with Gasteiger partial charge in [-0.15, -0.1) is 11.3 Å². The highest BCUT2D eigenvalue weighted by Crippen LogP contribution is 2.39. The summed E-state index contributed by atoms with van der Waals surface area (Å²) < 4.78 is 40.3. The van der Waals surface area contributed by atoms with Gasteiger partial charge in [-0.1, -0.05) is 24.3 Å². The smallest absolute Gasteiger partial charge is 0.203 e. The third-order valence-corrected chi connectivity index (χ3v) is 7.95. The number of methoxy groups -OCH3 is 5. The number of para-hydroxylation sites is 1. The summed E-state index contributed by atoms with van der Waals surface area (Å²) in [7, 11) is 7.69. The zero-order valence-corrected chi connectivity index (χ0v) is 26.4. The highest BCUT2D eigenvalue weighted by Gasteiger charge is 2.16. The molecule has 45 heavy (non-hydrogen) atoms. The van der Waals surface area contributed by atoms with Crippen molar-refractivity contribution in [1.29, 1.82) is 0 Å². The Morgan fingerprint density at radius 3 is 1.93 bits per heavy atom. The van der Waals surface area contributed by atoms with E-state index in [2.05, 4.69) is 6.07 Å². The molecule has 0 aliphatic rings. The second-order valence-corrected chi connectivity index (χ2v) is 10.6. The largest absolute Gasteiger partial charge is 0.493 e. The van der Waals surface area contributed by atoms with Gasteiger partial charge in [-0.25, -0.2) is 4.98 Å². The molecule has 0 unspecified atom stereocenters. The molecule has 0 spiro atoms. The molecule has 0 N–H and O–H groups in total. The van der Waals surface area contributed by atoms with Gasteiger partial charge in [0, 0.05) is 11.1 Å². The molecule has 0 amide bonds. The lowest BCUT2D eigenvalue weighted by molar-refractivity contribution is 0.104. The number of carbonyl (C=O) groups excluding carboxylic acids is 1. The van der Waals surface area contributed by atoms with Crippen molar-refractivity contribution < 1.29 is 38.0 Å². The van der Waals surface area contributed by atoms with E-state index < -0.39 is 0 Å². The molecule has 10 heteroatoms. The molecule has 232 valence electrons. The molecule has 0 aliphatic carbocycles. The molecular weight excluding hydrogens is 594 g/mol. The molecule has 1 heterocycles. The standard InChI is InChI=1S/C35H33NO8S/c1-38-27-14-11-22(10-13-26(37)24-20-31(40-3)34(42-5)32(21-24)41-4)18-29(27)43-16-17-44-30-19-23(12-15-28(30)39-2)35-36-25-8-6-7-9-33(25)45-35/h6-15,18-21H,16-17H2,1-5H3. The van der Waals surface area contributed by atoms with Crippen molar-refractivity contribution in [1.82, 2.24) is 4.98 Å². The van der Waals surface area contributed by atoms with Crippen LogP contribution in [-0.4, -0.2) is 59.5 Å². The lowest BCUT2D eigenvalue weighted by Crippen LogP contribution is -2.10. The summed E-state index contributed by atoms with van der Waals surface area (Å²) in [4.78, 5) is 17.7. The first-order valence-corrected chi connectivity index (χ1v) is 14.8. The summed E-state index contributed by atoms with van der Waals surface area (Å²) in [5, 5.41) is 0.901. The summed E-state index contributed by atoms with van der Waals surface area (Å²) in [6.07, 6.45) is 3.17. The predicted octanol–water partition coefficient (Wildman–Crippen LogP) is 7.36. The molecule has 5 aromatic rings. The minimum absolute atomic E-state index is 0.233. The van der Waals surface area contributed by atoms with Crippen molar-refractivity contribution in [2.45, 2.75) is 0 Å². The van der Waals surface area contributed by atoms with Gasteiger partial charge in [-0.2, -0.15) is 0 Å². The zero-order chi connectivity index (χ0) is 31.8. The van der Waals surface area contributed by atoms with Crippen molar-refractivity contribution in [3.8, 4) is 50.8 Å². The van der Waals surface area contributed by atoms with Crippen LogP contribution in [0.3, 0.4) is 0 Å².